The summed E-state index contributed by atoms with van der Waals surface area (Å²) >= 11 is 3.25. The molecule has 0 N–H and O–H groups in total. The molecule has 1 saturated carbocycles. The van der Waals surface area contributed by atoms with Gasteiger partial charge in [0.25, 0.3) is 9.05 Å². The molecule has 1 aromatic carbocycles. The Morgan fingerprint density at radius 3 is 2.63 bits per heavy atom. The maximum Gasteiger partial charge on any atom is 0.261 e. The fraction of sp³-hybridized carbons (Fsp3) is 0.417. The van der Waals surface area contributed by atoms with E-state index in [2.05, 4.69) is 22.0 Å². The number of ether oxygens (including phenoxy) is 1. The molecule has 102 valence electrons. The Labute approximate surface area is 124 Å². The lowest BCUT2D eigenvalue weighted by atomic mass is 10.1. The molecule has 0 saturated heterocycles. The molecule has 0 amide bonds. The molecule has 1 aromatic rings. The molecule has 4 nitrogen and oxygen atoms in total. The van der Waals surface area contributed by atoms with Crippen LogP contribution in [-0.2, 0) is 9.05 Å². The van der Waals surface area contributed by atoms with Crippen LogP contribution in [0, 0.1) is 16.7 Å². The van der Waals surface area contributed by atoms with E-state index < -0.39 is 9.05 Å². The molecule has 1 fully saturated rings. The average molecular weight is 365 g/mol. The largest absolute Gasteiger partial charge is 0.492 e. The minimum atomic E-state index is -3.74. The molecule has 1 aliphatic carbocycles. The summed E-state index contributed by atoms with van der Waals surface area (Å²) in [5.74, 6) is 0.549. The second-order valence-electron chi connectivity index (χ2n) is 4.65. The number of rotatable bonds is 5. The highest BCUT2D eigenvalue weighted by molar-refractivity contribution is 9.10. The second-order valence-corrected chi connectivity index (χ2v) is 8.07. The first-order valence-electron chi connectivity index (χ1n) is 5.60. The molecule has 0 radical (unpaired) electrons. The highest BCUT2D eigenvalue weighted by atomic mass is 79.9. The lowest BCUT2D eigenvalue weighted by Gasteiger charge is -2.14. The van der Waals surface area contributed by atoms with Crippen LogP contribution in [0.1, 0.15) is 19.3 Å². The first kappa shape index (κ1) is 14.6. The van der Waals surface area contributed by atoms with Gasteiger partial charge in [-0.15, -0.1) is 0 Å². The van der Waals surface area contributed by atoms with Crippen molar-refractivity contribution in [2.45, 2.75) is 24.2 Å². The molecule has 7 heteroatoms. The van der Waals surface area contributed by atoms with Gasteiger partial charge in [-0.25, -0.2) is 8.42 Å². The van der Waals surface area contributed by atoms with Crippen molar-refractivity contribution in [1.29, 1.82) is 5.26 Å². The lowest BCUT2D eigenvalue weighted by molar-refractivity contribution is 0.235. The van der Waals surface area contributed by atoms with Crippen molar-refractivity contribution in [2.75, 3.05) is 6.61 Å². The summed E-state index contributed by atoms with van der Waals surface area (Å²) in [7, 11) is 1.52. The Morgan fingerprint density at radius 1 is 1.47 bits per heavy atom. The number of nitriles is 1. The van der Waals surface area contributed by atoms with Gasteiger partial charge in [-0.3, -0.25) is 0 Å². The lowest BCUT2D eigenvalue weighted by Crippen LogP contribution is -2.12. The van der Waals surface area contributed by atoms with E-state index in [0.717, 1.165) is 12.8 Å². The summed E-state index contributed by atoms with van der Waals surface area (Å²) in [6, 6.07) is 6.52. The summed E-state index contributed by atoms with van der Waals surface area (Å²) in [5, 5.41) is 8.72. The molecule has 0 aromatic heterocycles. The Hall–Kier alpha value is -0.770. The van der Waals surface area contributed by atoms with Gasteiger partial charge >= 0.3 is 0 Å². The first-order valence-corrected chi connectivity index (χ1v) is 8.71. The minimum Gasteiger partial charge on any atom is -0.492 e. The van der Waals surface area contributed by atoms with Gasteiger partial charge in [0, 0.05) is 22.5 Å². The molecular weight excluding hydrogens is 354 g/mol. The smallest absolute Gasteiger partial charge is 0.261 e. The average Bonchev–Trinajstić information content (AvgIpc) is 3.07. The zero-order chi connectivity index (χ0) is 14.1. The zero-order valence-electron chi connectivity index (χ0n) is 9.90. The van der Waals surface area contributed by atoms with Crippen LogP contribution < -0.4 is 4.74 Å². The van der Waals surface area contributed by atoms with Gasteiger partial charge in [0.15, 0.2) is 0 Å². The molecule has 0 bridgehead atoms. The number of benzene rings is 1. The van der Waals surface area contributed by atoms with Crippen LogP contribution in [0.2, 0.25) is 0 Å². The van der Waals surface area contributed by atoms with E-state index in [0.29, 0.717) is 23.2 Å². The normalized spacial score (nSPS) is 16.7. The molecule has 19 heavy (non-hydrogen) atoms. The van der Waals surface area contributed by atoms with Gasteiger partial charge in [0.1, 0.15) is 5.75 Å². The van der Waals surface area contributed by atoms with E-state index in [1.54, 1.807) is 6.07 Å². The van der Waals surface area contributed by atoms with E-state index >= 15 is 0 Å². The molecule has 0 aliphatic heterocycles. The van der Waals surface area contributed by atoms with Crippen molar-refractivity contribution in [3.05, 3.63) is 22.7 Å². The van der Waals surface area contributed by atoms with Crippen LogP contribution in [0.3, 0.4) is 0 Å². The Kier molecular flexibility index (Phi) is 4.09. The van der Waals surface area contributed by atoms with Gasteiger partial charge in [0.2, 0.25) is 0 Å². The Balaban J connectivity index is 2.09. The summed E-state index contributed by atoms with van der Waals surface area (Å²) in [6.07, 6.45) is 2.47. The van der Waals surface area contributed by atoms with E-state index in [1.165, 1.54) is 12.1 Å². The third-order valence-corrected chi connectivity index (χ3v) is 5.10. The van der Waals surface area contributed by atoms with E-state index in [9.17, 15) is 8.42 Å². The van der Waals surface area contributed by atoms with Gasteiger partial charge in [-0.05, 0) is 47.0 Å². The van der Waals surface area contributed by atoms with Crippen LogP contribution in [0.15, 0.2) is 27.6 Å². The predicted molar refractivity (Wildman–Crippen MR) is 74.6 cm³/mol. The number of hydrogen-bond acceptors (Lipinski definition) is 4. The topological polar surface area (TPSA) is 67.2 Å². The van der Waals surface area contributed by atoms with E-state index in [1.807, 2.05) is 0 Å². The summed E-state index contributed by atoms with van der Waals surface area (Å²) in [4.78, 5) is 0.0200. The van der Waals surface area contributed by atoms with Crippen LogP contribution in [0.5, 0.6) is 5.75 Å². The molecule has 0 atom stereocenters. The molecule has 0 heterocycles. The maximum atomic E-state index is 11.2. The van der Waals surface area contributed by atoms with Gasteiger partial charge in [-0.2, -0.15) is 5.26 Å². The van der Waals surface area contributed by atoms with Crippen molar-refractivity contribution in [2.24, 2.45) is 5.41 Å². The van der Waals surface area contributed by atoms with E-state index in [-0.39, 0.29) is 10.3 Å². The van der Waals surface area contributed by atoms with Crippen molar-refractivity contribution in [3.8, 4) is 11.8 Å². The van der Waals surface area contributed by atoms with Crippen LogP contribution in [0.4, 0.5) is 0 Å². The van der Waals surface area contributed by atoms with Crippen LogP contribution >= 0.6 is 26.6 Å². The standard InChI is InChI=1S/C12H11BrClNO3S/c13-10-7-9(19(14,16)17)1-2-11(10)18-8-12(3-4-12)5-6-15/h1-2,7H,3-5,8H2. The SMILES string of the molecule is N#CCC1(COc2ccc(S(=O)(=O)Cl)cc2Br)CC1. The number of halogens is 2. The Morgan fingerprint density at radius 2 is 2.16 bits per heavy atom. The third kappa shape index (κ3) is 3.62. The molecule has 0 unspecified atom stereocenters. The summed E-state index contributed by atoms with van der Waals surface area (Å²) in [6.45, 7) is 0.464. The fourth-order valence-corrected chi connectivity index (χ4v) is 3.12. The van der Waals surface area contributed by atoms with Gasteiger partial charge in [-0.1, -0.05) is 0 Å². The number of nitrogens with zero attached hydrogens (tertiary/aromatic N) is 1. The molecular formula is C12H11BrClNO3S. The molecule has 0 spiro atoms. The van der Waals surface area contributed by atoms with Gasteiger partial charge < -0.3 is 4.74 Å². The summed E-state index contributed by atoms with van der Waals surface area (Å²) < 4.78 is 28.5. The minimum absolute atomic E-state index is 0.0200. The molecule has 1 aliphatic rings. The van der Waals surface area contributed by atoms with E-state index in [4.69, 9.17) is 20.7 Å². The highest BCUT2D eigenvalue weighted by Crippen LogP contribution is 2.49. The fourth-order valence-electron chi connectivity index (χ4n) is 1.70. The zero-order valence-corrected chi connectivity index (χ0v) is 13.1. The number of hydrogen-bond donors (Lipinski definition) is 0. The van der Waals surface area contributed by atoms with Crippen molar-refractivity contribution < 1.29 is 13.2 Å². The van der Waals surface area contributed by atoms with Crippen LogP contribution in [0.25, 0.3) is 0 Å². The molecule has 2 rings (SSSR count). The van der Waals surface area contributed by atoms with Crippen molar-refractivity contribution in [3.63, 3.8) is 0 Å². The van der Waals surface area contributed by atoms with Crippen molar-refractivity contribution in [1.82, 2.24) is 0 Å². The first-order chi connectivity index (χ1) is 8.86. The Bertz CT molecular complexity index is 635. The second kappa shape index (κ2) is 5.31. The monoisotopic (exact) mass is 363 g/mol. The highest BCUT2D eigenvalue weighted by Gasteiger charge is 2.43. The third-order valence-electron chi connectivity index (χ3n) is 3.13. The van der Waals surface area contributed by atoms with Crippen molar-refractivity contribution >= 4 is 35.7 Å². The summed E-state index contributed by atoms with van der Waals surface area (Å²) in [5.41, 5.74) is -0.0224. The van der Waals surface area contributed by atoms with Crippen LogP contribution in [-0.4, -0.2) is 15.0 Å². The van der Waals surface area contributed by atoms with Gasteiger partial charge in [0.05, 0.1) is 22.0 Å². The maximum absolute atomic E-state index is 11.2. The quantitative estimate of drug-likeness (QED) is 0.751. The predicted octanol–water partition coefficient (Wildman–Crippen LogP) is 3.45.